The summed E-state index contributed by atoms with van der Waals surface area (Å²) in [7, 11) is 0. The third-order valence-corrected chi connectivity index (χ3v) is 6.40. The van der Waals surface area contributed by atoms with Gasteiger partial charge in [-0.05, 0) is 63.8 Å². The minimum atomic E-state index is -0.989. The molecule has 0 fully saturated rings. The number of hydrogen-bond donors (Lipinski definition) is 3. The van der Waals surface area contributed by atoms with Crippen LogP contribution in [0.2, 0.25) is 0 Å². The molecule has 8 nitrogen and oxygen atoms in total. The molecule has 3 amide bonds. The smallest absolute Gasteiger partial charge is 0.408 e. The Bertz CT molecular complexity index is 1090. The van der Waals surface area contributed by atoms with Crippen molar-refractivity contribution in [2.75, 3.05) is 13.1 Å². The number of ether oxygens (including phenoxy) is 1. The van der Waals surface area contributed by atoms with E-state index in [0.717, 1.165) is 42.4 Å². The van der Waals surface area contributed by atoms with Crippen molar-refractivity contribution in [3.8, 4) is 5.75 Å². The molecule has 2 unspecified atom stereocenters. The zero-order valence-corrected chi connectivity index (χ0v) is 25.0. The molecule has 220 valence electrons. The van der Waals surface area contributed by atoms with Crippen molar-refractivity contribution in [1.29, 1.82) is 0 Å². The lowest BCUT2D eigenvalue weighted by molar-refractivity contribution is -0.142. The van der Waals surface area contributed by atoms with Crippen molar-refractivity contribution in [1.82, 2.24) is 15.5 Å². The van der Waals surface area contributed by atoms with Crippen molar-refractivity contribution in [2.24, 2.45) is 0 Å². The molecule has 0 bridgehead atoms. The van der Waals surface area contributed by atoms with Crippen LogP contribution < -0.4 is 10.6 Å². The number of unbranched alkanes of at least 4 members (excludes halogenated alkanes) is 3. The van der Waals surface area contributed by atoms with Gasteiger partial charge in [0, 0.05) is 19.5 Å². The standard InChI is InChI=1S/C32H47N3O5/c1-7-9-11-19-33-29(37)28(25-14-12-13-23(3)21-25)35(20-10-8-2)30(38)27(34-31(39)40-32(4,5)6)22-24-15-17-26(36)18-16-24/h12-18,21,27-28,36H,7-11,19-20,22H2,1-6H3,(H,33,37)(H,34,39). The number of nitrogens with one attached hydrogen (secondary N) is 2. The van der Waals surface area contributed by atoms with Crippen LogP contribution in [-0.2, 0) is 20.7 Å². The number of carbonyl (C=O) groups excluding carboxylic acids is 3. The van der Waals surface area contributed by atoms with Gasteiger partial charge in [-0.1, -0.05) is 75.1 Å². The zero-order valence-electron chi connectivity index (χ0n) is 25.0. The van der Waals surface area contributed by atoms with Gasteiger partial charge in [0.25, 0.3) is 0 Å². The molecule has 0 heterocycles. The summed E-state index contributed by atoms with van der Waals surface area (Å²) in [4.78, 5) is 42.5. The molecule has 0 aliphatic rings. The quantitative estimate of drug-likeness (QED) is 0.256. The predicted molar refractivity (Wildman–Crippen MR) is 158 cm³/mol. The highest BCUT2D eigenvalue weighted by atomic mass is 16.6. The normalized spacial score (nSPS) is 12.8. The van der Waals surface area contributed by atoms with Gasteiger partial charge >= 0.3 is 6.09 Å². The van der Waals surface area contributed by atoms with Crippen molar-refractivity contribution in [3.05, 3.63) is 65.2 Å². The Morgan fingerprint density at radius 1 is 0.975 bits per heavy atom. The lowest BCUT2D eigenvalue weighted by atomic mass is 9.98. The second-order valence-electron chi connectivity index (χ2n) is 11.3. The minimum absolute atomic E-state index is 0.107. The highest BCUT2D eigenvalue weighted by molar-refractivity contribution is 5.92. The van der Waals surface area contributed by atoms with E-state index in [1.807, 2.05) is 38.1 Å². The third kappa shape index (κ3) is 10.9. The van der Waals surface area contributed by atoms with Gasteiger partial charge in [-0.2, -0.15) is 0 Å². The van der Waals surface area contributed by atoms with Gasteiger partial charge < -0.3 is 25.4 Å². The molecular formula is C32H47N3O5. The highest BCUT2D eigenvalue weighted by Gasteiger charge is 2.36. The summed E-state index contributed by atoms with van der Waals surface area (Å²) in [6.07, 6.45) is 3.86. The van der Waals surface area contributed by atoms with E-state index in [2.05, 4.69) is 17.6 Å². The average Bonchev–Trinajstić information content (AvgIpc) is 2.88. The van der Waals surface area contributed by atoms with E-state index in [1.165, 1.54) is 0 Å². The predicted octanol–water partition coefficient (Wildman–Crippen LogP) is 5.81. The van der Waals surface area contributed by atoms with Crippen molar-refractivity contribution >= 4 is 17.9 Å². The van der Waals surface area contributed by atoms with Gasteiger partial charge in [0.05, 0.1) is 0 Å². The van der Waals surface area contributed by atoms with Crippen molar-refractivity contribution in [3.63, 3.8) is 0 Å². The van der Waals surface area contributed by atoms with Gasteiger partial charge in [0.15, 0.2) is 0 Å². The van der Waals surface area contributed by atoms with E-state index < -0.39 is 23.8 Å². The Kier molecular flexibility index (Phi) is 13.0. The Morgan fingerprint density at radius 2 is 1.65 bits per heavy atom. The van der Waals surface area contributed by atoms with E-state index in [4.69, 9.17) is 4.74 Å². The second-order valence-corrected chi connectivity index (χ2v) is 11.3. The van der Waals surface area contributed by atoms with E-state index in [-0.39, 0.29) is 24.0 Å². The number of rotatable bonds is 14. The van der Waals surface area contributed by atoms with Gasteiger partial charge in [-0.3, -0.25) is 9.59 Å². The second kappa shape index (κ2) is 15.9. The number of nitrogens with zero attached hydrogens (tertiary/aromatic N) is 1. The highest BCUT2D eigenvalue weighted by Crippen LogP contribution is 2.25. The molecule has 0 aromatic heterocycles. The number of phenolic OH excluding ortho intramolecular Hbond substituents is 1. The van der Waals surface area contributed by atoms with Gasteiger partial charge in [-0.25, -0.2) is 4.79 Å². The summed E-state index contributed by atoms with van der Waals surface area (Å²) in [6, 6.07) is 12.3. The Labute approximate surface area is 239 Å². The first-order chi connectivity index (χ1) is 18.9. The van der Waals surface area contributed by atoms with Crippen LogP contribution >= 0.6 is 0 Å². The Hall–Kier alpha value is -3.55. The number of benzene rings is 2. The molecule has 2 atom stereocenters. The van der Waals surface area contributed by atoms with Crippen LogP contribution in [0.1, 0.15) is 89.5 Å². The Balaban J connectivity index is 2.50. The van der Waals surface area contributed by atoms with Gasteiger partial charge in [0.2, 0.25) is 11.8 Å². The lowest BCUT2D eigenvalue weighted by Gasteiger charge is -2.34. The van der Waals surface area contributed by atoms with E-state index in [1.54, 1.807) is 49.9 Å². The molecule has 40 heavy (non-hydrogen) atoms. The van der Waals surface area contributed by atoms with Crippen LogP contribution in [0, 0.1) is 6.92 Å². The monoisotopic (exact) mass is 553 g/mol. The molecular weight excluding hydrogens is 506 g/mol. The summed E-state index contributed by atoms with van der Waals surface area (Å²) in [5, 5.41) is 15.5. The molecule has 0 saturated carbocycles. The molecule has 0 aliphatic heterocycles. The molecule has 8 heteroatoms. The lowest BCUT2D eigenvalue weighted by Crippen LogP contribution is -2.54. The van der Waals surface area contributed by atoms with Crippen LogP contribution in [-0.4, -0.2) is 52.6 Å². The molecule has 0 aliphatic carbocycles. The van der Waals surface area contributed by atoms with Crippen LogP contribution in [0.25, 0.3) is 0 Å². The molecule has 0 saturated heterocycles. The Morgan fingerprint density at radius 3 is 2.25 bits per heavy atom. The van der Waals surface area contributed by atoms with E-state index in [9.17, 15) is 19.5 Å². The molecule has 2 aromatic rings. The zero-order chi connectivity index (χ0) is 29.7. The number of aromatic hydroxyl groups is 1. The largest absolute Gasteiger partial charge is 0.508 e. The van der Waals surface area contributed by atoms with E-state index in [0.29, 0.717) is 19.5 Å². The van der Waals surface area contributed by atoms with Crippen molar-refractivity contribution < 1.29 is 24.2 Å². The maximum Gasteiger partial charge on any atom is 0.408 e. The van der Waals surface area contributed by atoms with Crippen LogP contribution in [0.5, 0.6) is 5.75 Å². The molecule has 0 radical (unpaired) electrons. The molecule has 2 aromatic carbocycles. The van der Waals surface area contributed by atoms with E-state index >= 15 is 0 Å². The van der Waals surface area contributed by atoms with Crippen LogP contribution in [0.15, 0.2) is 48.5 Å². The summed E-state index contributed by atoms with van der Waals surface area (Å²) in [5.74, 6) is -0.509. The number of aryl methyl sites for hydroxylation is 1. The third-order valence-electron chi connectivity index (χ3n) is 6.40. The molecule has 2 rings (SSSR count). The number of alkyl carbamates (subject to hydrolysis) is 1. The number of amides is 3. The number of phenols is 1. The fourth-order valence-electron chi connectivity index (χ4n) is 4.41. The fourth-order valence-corrected chi connectivity index (χ4v) is 4.41. The number of carbonyl (C=O) groups is 3. The first kappa shape index (κ1) is 32.7. The topological polar surface area (TPSA) is 108 Å². The minimum Gasteiger partial charge on any atom is -0.508 e. The van der Waals surface area contributed by atoms with Crippen LogP contribution in [0.3, 0.4) is 0 Å². The summed E-state index contributed by atoms with van der Waals surface area (Å²) < 4.78 is 5.48. The average molecular weight is 554 g/mol. The molecule has 0 spiro atoms. The van der Waals surface area contributed by atoms with Crippen molar-refractivity contribution in [2.45, 2.75) is 97.8 Å². The number of hydrogen-bond acceptors (Lipinski definition) is 5. The summed E-state index contributed by atoms with van der Waals surface area (Å²) in [6.45, 7) is 12.2. The SMILES string of the molecule is CCCCCNC(=O)C(c1cccc(C)c1)N(CCCC)C(=O)C(Cc1ccc(O)cc1)NC(=O)OC(C)(C)C. The molecule has 3 N–H and O–H groups in total. The first-order valence-corrected chi connectivity index (χ1v) is 14.4. The van der Waals surface area contributed by atoms with Gasteiger partial charge in [0.1, 0.15) is 23.4 Å². The van der Waals surface area contributed by atoms with Crippen LogP contribution in [0.4, 0.5) is 4.79 Å². The summed E-state index contributed by atoms with van der Waals surface area (Å²) >= 11 is 0. The fraction of sp³-hybridized carbons (Fsp3) is 0.531. The van der Waals surface area contributed by atoms with Gasteiger partial charge in [-0.15, -0.1) is 0 Å². The maximum atomic E-state index is 14.3. The first-order valence-electron chi connectivity index (χ1n) is 14.4. The maximum absolute atomic E-state index is 14.3. The summed E-state index contributed by atoms with van der Waals surface area (Å²) in [5.41, 5.74) is 1.70.